The minimum Gasteiger partial charge on any atom is -0.383 e. The van der Waals surface area contributed by atoms with Crippen molar-refractivity contribution in [1.82, 2.24) is 9.21 Å². The zero-order valence-corrected chi connectivity index (χ0v) is 17.5. The molecule has 7 nitrogen and oxygen atoms in total. The van der Waals surface area contributed by atoms with E-state index in [9.17, 15) is 13.2 Å². The molecule has 0 N–H and O–H groups in total. The Morgan fingerprint density at radius 2 is 1.77 bits per heavy atom. The Morgan fingerprint density at radius 3 is 2.31 bits per heavy atom. The summed E-state index contributed by atoms with van der Waals surface area (Å²) < 4.78 is 38.3. The largest absolute Gasteiger partial charge is 0.383 e. The van der Waals surface area contributed by atoms with Gasteiger partial charge >= 0.3 is 0 Å². The highest BCUT2D eigenvalue weighted by Gasteiger charge is 2.41. The number of methoxy groups -OCH3 is 2. The predicted molar refractivity (Wildman–Crippen MR) is 101 cm³/mol. The molecule has 1 unspecified atom stereocenters. The molecule has 9 heteroatoms. The summed E-state index contributed by atoms with van der Waals surface area (Å²) in [7, 11) is -0.585. The van der Waals surface area contributed by atoms with E-state index in [2.05, 4.69) is 15.9 Å². The second kappa shape index (κ2) is 9.80. The summed E-state index contributed by atoms with van der Waals surface area (Å²) in [5, 5.41) is 0. The molecule has 146 valence electrons. The second-order valence-corrected chi connectivity index (χ2v) is 8.84. The van der Waals surface area contributed by atoms with Gasteiger partial charge in [0.25, 0.3) is 0 Å². The van der Waals surface area contributed by atoms with Crippen molar-refractivity contribution in [2.24, 2.45) is 0 Å². The Balaban J connectivity index is 2.21. The zero-order valence-electron chi connectivity index (χ0n) is 15.1. The molecule has 1 aromatic rings. The molecule has 0 radical (unpaired) electrons. The Bertz CT molecular complexity index is 688. The molecule has 1 amide bonds. The van der Waals surface area contributed by atoms with Gasteiger partial charge in [-0.1, -0.05) is 15.9 Å². The molecule has 1 heterocycles. The number of amides is 1. The van der Waals surface area contributed by atoms with Crippen molar-refractivity contribution in [2.75, 3.05) is 47.1 Å². The maximum Gasteiger partial charge on any atom is 0.243 e. The van der Waals surface area contributed by atoms with Gasteiger partial charge in [0.2, 0.25) is 15.9 Å². The highest BCUT2D eigenvalue weighted by atomic mass is 79.9. The first kappa shape index (κ1) is 21.3. The quantitative estimate of drug-likeness (QED) is 0.574. The maximum absolute atomic E-state index is 13.0. The first-order chi connectivity index (χ1) is 12.4. The summed E-state index contributed by atoms with van der Waals surface area (Å²) in [6.45, 7) is 1.93. The van der Waals surface area contributed by atoms with Gasteiger partial charge in [0, 0.05) is 38.3 Å². The maximum atomic E-state index is 13.0. The minimum atomic E-state index is -3.72. The lowest BCUT2D eigenvalue weighted by Crippen LogP contribution is -2.49. The lowest BCUT2D eigenvalue weighted by Gasteiger charge is -2.29. The van der Waals surface area contributed by atoms with Crippen LogP contribution in [0.5, 0.6) is 0 Å². The van der Waals surface area contributed by atoms with Crippen molar-refractivity contribution in [3.63, 3.8) is 0 Å². The average Bonchev–Trinajstić information content (AvgIpc) is 3.12. The third-order valence-corrected chi connectivity index (χ3v) is 6.80. The number of benzene rings is 1. The van der Waals surface area contributed by atoms with Crippen LogP contribution in [0.1, 0.15) is 12.8 Å². The molecule has 1 fully saturated rings. The molecule has 0 bridgehead atoms. The van der Waals surface area contributed by atoms with E-state index >= 15 is 0 Å². The first-order valence-corrected chi connectivity index (χ1v) is 10.7. The number of hydrogen-bond acceptors (Lipinski definition) is 5. The molecular weight excluding hydrogens is 424 g/mol. The molecule has 1 aromatic carbocycles. The predicted octanol–water partition coefficient (Wildman–Crippen LogP) is 1.72. The van der Waals surface area contributed by atoms with E-state index in [1.165, 1.54) is 4.31 Å². The number of carbonyl (C=O) groups is 1. The van der Waals surface area contributed by atoms with Crippen LogP contribution in [0, 0.1) is 0 Å². The fourth-order valence-corrected chi connectivity index (χ4v) is 4.88. The topological polar surface area (TPSA) is 76.2 Å². The van der Waals surface area contributed by atoms with Crippen LogP contribution in [0.2, 0.25) is 0 Å². The van der Waals surface area contributed by atoms with E-state index in [-0.39, 0.29) is 10.8 Å². The van der Waals surface area contributed by atoms with E-state index in [0.29, 0.717) is 45.7 Å². The van der Waals surface area contributed by atoms with E-state index in [1.807, 2.05) is 0 Å². The Labute approximate surface area is 163 Å². The number of nitrogens with zero attached hydrogens (tertiary/aromatic N) is 2. The highest BCUT2D eigenvalue weighted by Crippen LogP contribution is 2.28. The van der Waals surface area contributed by atoms with E-state index < -0.39 is 16.1 Å². The standard InChI is InChI=1S/C17H25BrN2O5S/c1-24-12-10-19(11-13-25-2)17(21)16-4-3-9-20(16)26(22,23)15-7-5-14(18)6-8-15/h5-8,16H,3-4,9-13H2,1-2H3. The highest BCUT2D eigenvalue weighted by molar-refractivity contribution is 9.10. The van der Waals surface area contributed by atoms with Crippen LogP contribution in [0.4, 0.5) is 0 Å². The Kier molecular flexibility index (Phi) is 8.03. The van der Waals surface area contributed by atoms with E-state index in [4.69, 9.17) is 9.47 Å². The van der Waals surface area contributed by atoms with Crippen LogP contribution in [0.25, 0.3) is 0 Å². The third-order valence-electron chi connectivity index (χ3n) is 4.35. The molecule has 0 aliphatic carbocycles. The number of halogens is 1. The summed E-state index contributed by atoms with van der Waals surface area (Å²) in [5.41, 5.74) is 0. The molecule has 26 heavy (non-hydrogen) atoms. The summed E-state index contributed by atoms with van der Waals surface area (Å²) >= 11 is 3.31. The van der Waals surface area contributed by atoms with Gasteiger partial charge in [-0.05, 0) is 37.1 Å². The molecule has 1 atom stereocenters. The van der Waals surface area contributed by atoms with Crippen LogP contribution in [-0.4, -0.2) is 76.6 Å². The van der Waals surface area contributed by atoms with Crippen LogP contribution in [0.15, 0.2) is 33.6 Å². The number of ether oxygens (including phenoxy) is 2. The summed E-state index contributed by atoms with van der Waals surface area (Å²) in [4.78, 5) is 14.8. The SMILES string of the molecule is COCCN(CCOC)C(=O)C1CCCN1S(=O)(=O)c1ccc(Br)cc1. The minimum absolute atomic E-state index is 0.195. The fraction of sp³-hybridized carbons (Fsp3) is 0.588. The lowest BCUT2D eigenvalue weighted by molar-refractivity contribution is -0.135. The number of rotatable bonds is 9. The Morgan fingerprint density at radius 1 is 1.19 bits per heavy atom. The monoisotopic (exact) mass is 448 g/mol. The molecule has 1 aliphatic rings. The van der Waals surface area contributed by atoms with E-state index in [1.54, 1.807) is 43.4 Å². The van der Waals surface area contributed by atoms with Crippen molar-refractivity contribution in [3.05, 3.63) is 28.7 Å². The van der Waals surface area contributed by atoms with Crippen molar-refractivity contribution in [3.8, 4) is 0 Å². The third kappa shape index (κ3) is 5.04. The van der Waals surface area contributed by atoms with Crippen molar-refractivity contribution >= 4 is 31.9 Å². The van der Waals surface area contributed by atoms with Gasteiger partial charge in [-0.15, -0.1) is 0 Å². The van der Waals surface area contributed by atoms with E-state index in [0.717, 1.165) is 4.47 Å². The summed E-state index contributed by atoms with van der Waals surface area (Å²) in [6.07, 6.45) is 1.18. The van der Waals surface area contributed by atoms with Crippen molar-refractivity contribution in [1.29, 1.82) is 0 Å². The molecule has 0 saturated carbocycles. The molecule has 1 aliphatic heterocycles. The first-order valence-electron chi connectivity index (χ1n) is 8.46. The van der Waals surface area contributed by atoms with Gasteiger partial charge in [0.05, 0.1) is 18.1 Å². The van der Waals surface area contributed by atoms with Gasteiger partial charge in [0.1, 0.15) is 6.04 Å². The van der Waals surface area contributed by atoms with Gasteiger partial charge in [-0.3, -0.25) is 4.79 Å². The van der Waals surface area contributed by atoms with Gasteiger partial charge < -0.3 is 14.4 Å². The molecule has 2 rings (SSSR count). The summed E-state index contributed by atoms with van der Waals surface area (Å²) in [5.74, 6) is -0.197. The van der Waals surface area contributed by atoms with Crippen LogP contribution in [0.3, 0.4) is 0 Å². The van der Waals surface area contributed by atoms with Crippen LogP contribution < -0.4 is 0 Å². The van der Waals surface area contributed by atoms with Gasteiger partial charge in [-0.2, -0.15) is 4.31 Å². The smallest absolute Gasteiger partial charge is 0.243 e. The second-order valence-electron chi connectivity index (χ2n) is 6.04. The molecule has 0 spiro atoms. The Hall–Kier alpha value is -1.00. The number of hydrogen-bond donors (Lipinski definition) is 0. The van der Waals surface area contributed by atoms with Gasteiger partial charge in [0.15, 0.2) is 0 Å². The molecular formula is C17H25BrN2O5S. The summed E-state index contributed by atoms with van der Waals surface area (Å²) in [6, 6.07) is 5.78. The average molecular weight is 449 g/mol. The van der Waals surface area contributed by atoms with Gasteiger partial charge in [-0.25, -0.2) is 8.42 Å². The number of carbonyl (C=O) groups excluding carboxylic acids is 1. The van der Waals surface area contributed by atoms with Crippen LogP contribution >= 0.6 is 15.9 Å². The fourth-order valence-electron chi connectivity index (χ4n) is 2.96. The van der Waals surface area contributed by atoms with Crippen LogP contribution in [-0.2, 0) is 24.3 Å². The normalized spacial score (nSPS) is 18.2. The van der Waals surface area contributed by atoms with Crippen molar-refractivity contribution < 1.29 is 22.7 Å². The number of sulfonamides is 1. The molecule has 1 saturated heterocycles. The molecule has 0 aromatic heterocycles. The zero-order chi connectivity index (χ0) is 19.2. The van der Waals surface area contributed by atoms with Crippen molar-refractivity contribution in [2.45, 2.75) is 23.8 Å². The lowest BCUT2D eigenvalue weighted by atomic mass is 10.2.